The lowest BCUT2D eigenvalue weighted by atomic mass is 10.0. The van der Waals surface area contributed by atoms with Crippen LogP contribution in [0.1, 0.15) is 58.9 Å². The van der Waals surface area contributed by atoms with Crippen molar-refractivity contribution in [2.75, 3.05) is 10.6 Å². The van der Waals surface area contributed by atoms with Crippen molar-refractivity contribution in [1.82, 2.24) is 15.3 Å². The third-order valence-corrected chi connectivity index (χ3v) is 4.95. The molecule has 31 heavy (non-hydrogen) atoms. The monoisotopic (exact) mass is 415 g/mol. The standard InChI is InChI=1S/C24H25N5O2/c1-15(2)27-22(30)17-5-3-6-19(13-17)28-21-10-9-18(14-20(21)16-7-8-16)23(31)29-24-25-11-4-12-26-24/h3-6,9-16,28H,7-8H2,1-2H3,(H,27,30)(H,25,26,29,31). The second-order valence-electron chi connectivity index (χ2n) is 7.94. The maximum atomic E-state index is 12.6. The molecule has 3 N–H and O–H groups in total. The minimum Gasteiger partial charge on any atom is -0.355 e. The van der Waals surface area contributed by atoms with Crippen LogP contribution in [0.4, 0.5) is 17.3 Å². The Balaban J connectivity index is 1.54. The van der Waals surface area contributed by atoms with Crippen molar-refractivity contribution in [1.29, 1.82) is 0 Å². The van der Waals surface area contributed by atoms with Crippen LogP contribution in [0.15, 0.2) is 60.9 Å². The van der Waals surface area contributed by atoms with Gasteiger partial charge < -0.3 is 10.6 Å². The molecule has 0 aliphatic heterocycles. The molecule has 2 aromatic carbocycles. The summed E-state index contributed by atoms with van der Waals surface area (Å²) in [6.07, 6.45) is 5.36. The quantitative estimate of drug-likeness (QED) is 0.528. The van der Waals surface area contributed by atoms with Gasteiger partial charge in [-0.3, -0.25) is 14.9 Å². The predicted molar refractivity (Wildman–Crippen MR) is 121 cm³/mol. The first-order chi connectivity index (χ1) is 15.0. The number of hydrogen-bond donors (Lipinski definition) is 3. The first kappa shape index (κ1) is 20.5. The lowest BCUT2D eigenvalue weighted by Crippen LogP contribution is -2.30. The largest absolute Gasteiger partial charge is 0.355 e. The van der Waals surface area contributed by atoms with Crippen LogP contribution >= 0.6 is 0 Å². The van der Waals surface area contributed by atoms with Crippen molar-refractivity contribution in [2.45, 2.75) is 38.6 Å². The van der Waals surface area contributed by atoms with Gasteiger partial charge in [-0.2, -0.15) is 0 Å². The van der Waals surface area contributed by atoms with Crippen LogP contribution < -0.4 is 16.0 Å². The number of benzene rings is 2. The normalized spacial score (nSPS) is 13.0. The zero-order valence-corrected chi connectivity index (χ0v) is 17.6. The molecule has 0 bridgehead atoms. The summed E-state index contributed by atoms with van der Waals surface area (Å²) in [5.41, 5.74) is 4.03. The van der Waals surface area contributed by atoms with Gasteiger partial charge in [0.05, 0.1) is 0 Å². The predicted octanol–water partition coefficient (Wildman–Crippen LogP) is 4.49. The highest BCUT2D eigenvalue weighted by Crippen LogP contribution is 2.44. The van der Waals surface area contributed by atoms with Crippen molar-refractivity contribution < 1.29 is 9.59 Å². The van der Waals surface area contributed by atoms with Gasteiger partial charge >= 0.3 is 0 Å². The van der Waals surface area contributed by atoms with Crippen LogP contribution in [0, 0.1) is 0 Å². The summed E-state index contributed by atoms with van der Waals surface area (Å²) < 4.78 is 0. The molecule has 0 unspecified atom stereocenters. The third kappa shape index (κ3) is 5.25. The molecule has 4 rings (SSSR count). The van der Waals surface area contributed by atoms with Crippen molar-refractivity contribution in [3.8, 4) is 0 Å². The van der Waals surface area contributed by atoms with Gasteiger partial charge in [-0.25, -0.2) is 9.97 Å². The van der Waals surface area contributed by atoms with E-state index in [2.05, 4.69) is 25.9 Å². The van der Waals surface area contributed by atoms with E-state index in [1.807, 2.05) is 44.2 Å². The highest BCUT2D eigenvalue weighted by molar-refractivity contribution is 6.03. The molecule has 1 heterocycles. The number of nitrogens with one attached hydrogen (secondary N) is 3. The zero-order chi connectivity index (χ0) is 21.8. The van der Waals surface area contributed by atoms with E-state index in [-0.39, 0.29) is 23.8 Å². The Morgan fingerprint density at radius 1 is 0.935 bits per heavy atom. The summed E-state index contributed by atoms with van der Waals surface area (Å²) in [5.74, 6) is 0.359. The number of anilines is 3. The number of amides is 2. The van der Waals surface area contributed by atoms with E-state index in [4.69, 9.17) is 0 Å². The highest BCUT2D eigenvalue weighted by Gasteiger charge is 2.27. The fourth-order valence-electron chi connectivity index (χ4n) is 3.33. The summed E-state index contributed by atoms with van der Waals surface area (Å²) >= 11 is 0. The molecule has 0 radical (unpaired) electrons. The molecule has 1 aliphatic rings. The second kappa shape index (κ2) is 8.95. The Labute approximate surface area is 181 Å². The first-order valence-corrected chi connectivity index (χ1v) is 10.4. The van der Waals surface area contributed by atoms with Gasteiger partial charge in [-0.05, 0) is 80.6 Å². The minimum absolute atomic E-state index is 0.0746. The summed E-state index contributed by atoms with van der Waals surface area (Å²) in [6, 6.07) is 14.8. The number of rotatable bonds is 7. The Morgan fingerprint density at radius 2 is 1.68 bits per heavy atom. The van der Waals surface area contributed by atoms with Gasteiger partial charge in [0, 0.05) is 40.9 Å². The van der Waals surface area contributed by atoms with Crippen molar-refractivity contribution in [2.24, 2.45) is 0 Å². The number of hydrogen-bond acceptors (Lipinski definition) is 5. The van der Waals surface area contributed by atoms with Gasteiger partial charge in [0.25, 0.3) is 11.8 Å². The van der Waals surface area contributed by atoms with E-state index in [9.17, 15) is 9.59 Å². The second-order valence-corrected chi connectivity index (χ2v) is 7.94. The molecule has 1 saturated carbocycles. The number of aromatic nitrogens is 2. The fourth-order valence-corrected chi connectivity index (χ4v) is 3.33. The maximum Gasteiger partial charge on any atom is 0.258 e. The van der Waals surface area contributed by atoms with Crippen LogP contribution in [0.3, 0.4) is 0 Å². The average molecular weight is 415 g/mol. The van der Waals surface area contributed by atoms with Gasteiger partial charge in [0.1, 0.15) is 0 Å². The molecule has 1 fully saturated rings. The van der Waals surface area contributed by atoms with E-state index in [1.165, 1.54) is 0 Å². The van der Waals surface area contributed by atoms with Gasteiger partial charge in [0.2, 0.25) is 5.95 Å². The molecule has 7 heteroatoms. The Morgan fingerprint density at radius 3 is 2.39 bits per heavy atom. The number of carbonyl (C=O) groups is 2. The van der Waals surface area contributed by atoms with Crippen molar-refractivity contribution in [3.05, 3.63) is 77.6 Å². The van der Waals surface area contributed by atoms with E-state index < -0.39 is 0 Å². The van der Waals surface area contributed by atoms with Gasteiger partial charge in [-0.15, -0.1) is 0 Å². The Hall–Kier alpha value is -3.74. The molecule has 2 amide bonds. The maximum absolute atomic E-state index is 12.6. The zero-order valence-electron chi connectivity index (χ0n) is 17.6. The van der Waals surface area contributed by atoms with Crippen LogP contribution in [0.5, 0.6) is 0 Å². The minimum atomic E-state index is -0.244. The summed E-state index contributed by atoms with van der Waals surface area (Å²) in [7, 11) is 0. The molecular weight excluding hydrogens is 390 g/mol. The van der Waals surface area contributed by atoms with Crippen molar-refractivity contribution in [3.63, 3.8) is 0 Å². The molecule has 1 aliphatic carbocycles. The lowest BCUT2D eigenvalue weighted by molar-refractivity contribution is 0.0942. The van der Waals surface area contributed by atoms with Gasteiger partial charge in [-0.1, -0.05) is 6.07 Å². The van der Waals surface area contributed by atoms with E-state index in [1.54, 1.807) is 30.6 Å². The molecule has 158 valence electrons. The molecule has 1 aromatic heterocycles. The lowest BCUT2D eigenvalue weighted by Gasteiger charge is -2.15. The van der Waals surface area contributed by atoms with Crippen molar-refractivity contribution >= 4 is 29.1 Å². The molecule has 0 saturated heterocycles. The SMILES string of the molecule is CC(C)NC(=O)c1cccc(Nc2ccc(C(=O)Nc3ncccn3)cc2C2CC2)c1. The molecule has 3 aromatic rings. The van der Waals surface area contributed by atoms with E-state index >= 15 is 0 Å². The van der Waals surface area contributed by atoms with Crippen LogP contribution in [-0.4, -0.2) is 27.8 Å². The van der Waals surface area contributed by atoms with Gasteiger partial charge in [0.15, 0.2) is 0 Å². The summed E-state index contributed by atoms with van der Waals surface area (Å²) in [6.45, 7) is 3.87. The third-order valence-electron chi connectivity index (χ3n) is 4.95. The molecular formula is C24H25N5O2. The Kier molecular flexibility index (Phi) is 5.93. The smallest absolute Gasteiger partial charge is 0.258 e. The number of carbonyl (C=O) groups excluding carboxylic acids is 2. The summed E-state index contributed by atoms with van der Waals surface area (Å²) in [5, 5.41) is 9.05. The number of nitrogens with zero attached hydrogens (tertiary/aromatic N) is 2. The molecule has 7 nitrogen and oxygen atoms in total. The van der Waals surface area contributed by atoms with Crippen LogP contribution in [0.25, 0.3) is 0 Å². The average Bonchev–Trinajstić information content (AvgIpc) is 3.60. The summed E-state index contributed by atoms with van der Waals surface area (Å²) in [4.78, 5) is 33.0. The fraction of sp³-hybridized carbons (Fsp3) is 0.250. The van der Waals surface area contributed by atoms with Crippen LogP contribution in [-0.2, 0) is 0 Å². The molecule has 0 atom stereocenters. The van der Waals surface area contributed by atoms with Crippen LogP contribution in [0.2, 0.25) is 0 Å². The first-order valence-electron chi connectivity index (χ1n) is 10.4. The topological polar surface area (TPSA) is 96.0 Å². The highest BCUT2D eigenvalue weighted by atomic mass is 16.2. The van der Waals surface area contributed by atoms with E-state index in [0.717, 1.165) is 29.8 Å². The molecule has 0 spiro atoms. The van der Waals surface area contributed by atoms with E-state index in [0.29, 0.717) is 17.0 Å². The Bertz CT molecular complexity index is 1090.